The largest absolute Gasteiger partial charge is 0.375 e. The Balaban J connectivity index is 2.68. The van der Waals surface area contributed by atoms with E-state index in [9.17, 15) is 0 Å². The predicted molar refractivity (Wildman–Crippen MR) is 78.8 cm³/mol. The first-order valence-electron chi connectivity index (χ1n) is 7.90. The van der Waals surface area contributed by atoms with E-state index in [1.165, 1.54) is 19.3 Å². The van der Waals surface area contributed by atoms with Gasteiger partial charge in [-0.2, -0.15) is 0 Å². The molecule has 0 aromatic heterocycles. The molecule has 0 aromatic rings. The minimum Gasteiger partial charge on any atom is -0.375 e. The summed E-state index contributed by atoms with van der Waals surface area (Å²) in [6.07, 6.45) is 4.58. The first-order valence-corrected chi connectivity index (χ1v) is 7.90. The molecule has 1 rings (SSSR count). The Hall–Kier alpha value is -0.0800. The average Bonchev–Trinajstić information content (AvgIpc) is 2.59. The maximum absolute atomic E-state index is 6.02. The normalized spacial score (nSPS) is 35.7. The molecule has 0 aliphatic carbocycles. The van der Waals surface area contributed by atoms with Crippen LogP contribution in [0.4, 0.5) is 0 Å². The zero-order chi connectivity index (χ0) is 13.7. The second kappa shape index (κ2) is 7.49. The zero-order valence-electron chi connectivity index (χ0n) is 13.2. The minimum absolute atomic E-state index is 0.397. The maximum atomic E-state index is 6.02. The summed E-state index contributed by atoms with van der Waals surface area (Å²) in [5.74, 6) is 2.13. The molecule has 0 amide bonds. The molecule has 0 radical (unpaired) electrons. The summed E-state index contributed by atoms with van der Waals surface area (Å²) in [7, 11) is 0. The van der Waals surface area contributed by atoms with Crippen molar-refractivity contribution in [1.82, 2.24) is 5.32 Å². The van der Waals surface area contributed by atoms with Crippen molar-refractivity contribution in [1.29, 1.82) is 0 Å². The van der Waals surface area contributed by atoms with E-state index in [4.69, 9.17) is 4.74 Å². The van der Waals surface area contributed by atoms with Crippen molar-refractivity contribution < 1.29 is 4.74 Å². The summed E-state index contributed by atoms with van der Waals surface area (Å²) in [6.45, 7) is 14.9. The third-order valence-electron chi connectivity index (χ3n) is 4.79. The van der Waals surface area contributed by atoms with E-state index in [0.717, 1.165) is 12.5 Å². The van der Waals surface area contributed by atoms with E-state index in [1.54, 1.807) is 0 Å². The van der Waals surface area contributed by atoms with Crippen LogP contribution in [0.25, 0.3) is 0 Å². The lowest BCUT2D eigenvalue weighted by atomic mass is 9.79. The Morgan fingerprint density at radius 3 is 2.22 bits per heavy atom. The fraction of sp³-hybridized carbons (Fsp3) is 1.00. The molecule has 6 atom stereocenters. The van der Waals surface area contributed by atoms with Crippen LogP contribution in [0.2, 0.25) is 0 Å². The van der Waals surface area contributed by atoms with Crippen LogP contribution >= 0.6 is 0 Å². The monoisotopic (exact) mass is 255 g/mol. The molecule has 1 aliphatic rings. The zero-order valence-corrected chi connectivity index (χ0v) is 13.2. The molecule has 2 heteroatoms. The Morgan fingerprint density at radius 2 is 1.78 bits per heavy atom. The van der Waals surface area contributed by atoms with Crippen LogP contribution in [-0.2, 0) is 4.74 Å². The summed E-state index contributed by atoms with van der Waals surface area (Å²) >= 11 is 0. The van der Waals surface area contributed by atoms with Gasteiger partial charge in [0, 0.05) is 12.0 Å². The summed E-state index contributed by atoms with van der Waals surface area (Å²) in [6, 6.07) is 0.620. The van der Waals surface area contributed by atoms with Crippen LogP contribution in [0, 0.1) is 17.8 Å². The van der Waals surface area contributed by atoms with Crippen molar-refractivity contribution in [2.75, 3.05) is 6.54 Å². The Morgan fingerprint density at radius 1 is 1.11 bits per heavy atom. The van der Waals surface area contributed by atoms with Crippen LogP contribution in [0.5, 0.6) is 0 Å². The molecule has 1 saturated heterocycles. The van der Waals surface area contributed by atoms with Crippen molar-refractivity contribution in [3.63, 3.8) is 0 Å². The van der Waals surface area contributed by atoms with Crippen LogP contribution in [0.1, 0.15) is 60.8 Å². The first-order chi connectivity index (χ1) is 8.51. The fourth-order valence-corrected chi connectivity index (χ4v) is 3.29. The fourth-order valence-electron chi connectivity index (χ4n) is 3.29. The third kappa shape index (κ3) is 3.96. The van der Waals surface area contributed by atoms with Gasteiger partial charge in [-0.25, -0.2) is 0 Å². The van der Waals surface area contributed by atoms with Gasteiger partial charge in [0.15, 0.2) is 0 Å². The van der Waals surface area contributed by atoms with E-state index >= 15 is 0 Å². The van der Waals surface area contributed by atoms with Gasteiger partial charge in [0.25, 0.3) is 0 Å². The van der Waals surface area contributed by atoms with Crippen molar-refractivity contribution in [2.45, 2.75) is 79.1 Å². The van der Waals surface area contributed by atoms with Crippen LogP contribution < -0.4 is 5.32 Å². The summed E-state index contributed by atoms with van der Waals surface area (Å²) in [5, 5.41) is 3.78. The molecule has 0 aromatic carbocycles. The van der Waals surface area contributed by atoms with Gasteiger partial charge in [0.1, 0.15) is 0 Å². The molecule has 1 N–H and O–H groups in total. The molecular weight excluding hydrogens is 222 g/mol. The maximum Gasteiger partial charge on any atom is 0.0597 e. The molecule has 1 heterocycles. The highest BCUT2D eigenvalue weighted by atomic mass is 16.5. The predicted octanol–water partition coefficient (Wildman–Crippen LogP) is 3.85. The second-order valence-corrected chi connectivity index (χ2v) is 6.29. The Kier molecular flexibility index (Phi) is 6.65. The van der Waals surface area contributed by atoms with E-state index < -0.39 is 0 Å². The standard InChI is InChI=1S/C16H33NO/c1-7-9-17-15(10-11(3)8-2)16-12(4)13(5)18-14(16)6/h11-17H,7-10H2,1-6H3. The molecule has 1 fully saturated rings. The molecule has 2 nitrogen and oxygen atoms in total. The topological polar surface area (TPSA) is 21.3 Å². The van der Waals surface area contributed by atoms with Crippen LogP contribution in [0.3, 0.4) is 0 Å². The lowest BCUT2D eigenvalue weighted by Crippen LogP contribution is -2.43. The van der Waals surface area contributed by atoms with E-state index in [-0.39, 0.29) is 0 Å². The van der Waals surface area contributed by atoms with Gasteiger partial charge in [-0.15, -0.1) is 0 Å². The molecule has 6 unspecified atom stereocenters. The minimum atomic E-state index is 0.397. The van der Waals surface area contributed by atoms with Gasteiger partial charge in [0.2, 0.25) is 0 Å². The molecule has 0 saturated carbocycles. The van der Waals surface area contributed by atoms with Gasteiger partial charge in [0.05, 0.1) is 12.2 Å². The Bertz CT molecular complexity index is 231. The van der Waals surface area contributed by atoms with Gasteiger partial charge >= 0.3 is 0 Å². The van der Waals surface area contributed by atoms with Crippen molar-refractivity contribution in [2.24, 2.45) is 17.8 Å². The van der Waals surface area contributed by atoms with Crippen LogP contribution in [-0.4, -0.2) is 24.8 Å². The van der Waals surface area contributed by atoms with Gasteiger partial charge in [-0.1, -0.05) is 34.1 Å². The summed E-state index contributed by atoms with van der Waals surface area (Å²) in [4.78, 5) is 0. The molecule has 0 spiro atoms. The average molecular weight is 255 g/mol. The molecule has 108 valence electrons. The number of hydrogen-bond acceptors (Lipinski definition) is 2. The smallest absolute Gasteiger partial charge is 0.0597 e. The van der Waals surface area contributed by atoms with Crippen molar-refractivity contribution in [3.8, 4) is 0 Å². The number of rotatable bonds is 7. The third-order valence-corrected chi connectivity index (χ3v) is 4.79. The molecule has 1 aliphatic heterocycles. The Labute approximate surface area is 114 Å². The quantitative estimate of drug-likeness (QED) is 0.746. The first kappa shape index (κ1) is 16.0. The second-order valence-electron chi connectivity index (χ2n) is 6.29. The lowest BCUT2D eigenvalue weighted by molar-refractivity contribution is 0.0465. The van der Waals surface area contributed by atoms with Crippen molar-refractivity contribution >= 4 is 0 Å². The highest BCUT2D eigenvalue weighted by Crippen LogP contribution is 2.36. The highest BCUT2D eigenvalue weighted by molar-refractivity contribution is 4.92. The van der Waals surface area contributed by atoms with Gasteiger partial charge < -0.3 is 10.1 Å². The molecular formula is C16H33NO. The number of ether oxygens (including phenoxy) is 1. The van der Waals surface area contributed by atoms with Crippen LogP contribution in [0.15, 0.2) is 0 Å². The number of nitrogens with one attached hydrogen (secondary N) is 1. The molecule has 0 bridgehead atoms. The summed E-state index contributed by atoms with van der Waals surface area (Å²) in [5.41, 5.74) is 0. The lowest BCUT2D eigenvalue weighted by Gasteiger charge is -2.31. The van der Waals surface area contributed by atoms with E-state index in [2.05, 4.69) is 46.9 Å². The van der Waals surface area contributed by atoms with E-state index in [0.29, 0.717) is 30.1 Å². The highest BCUT2D eigenvalue weighted by Gasteiger charge is 2.41. The van der Waals surface area contributed by atoms with E-state index in [1.807, 2.05) is 0 Å². The van der Waals surface area contributed by atoms with Gasteiger partial charge in [-0.05, 0) is 45.1 Å². The van der Waals surface area contributed by atoms with Crippen molar-refractivity contribution in [3.05, 3.63) is 0 Å². The van der Waals surface area contributed by atoms with Gasteiger partial charge in [-0.3, -0.25) is 0 Å². The summed E-state index contributed by atoms with van der Waals surface area (Å²) < 4.78 is 6.02. The number of hydrogen-bond donors (Lipinski definition) is 1. The SMILES string of the molecule is CCCNC(CC(C)CC)C1C(C)OC(C)C1C. The molecule has 18 heavy (non-hydrogen) atoms.